The molecule has 138 valence electrons. The first kappa shape index (κ1) is 21.5. The summed E-state index contributed by atoms with van der Waals surface area (Å²) < 4.78 is 30.4. The topological polar surface area (TPSA) is 68.2 Å². The van der Waals surface area contributed by atoms with Crippen molar-refractivity contribution in [3.05, 3.63) is 0 Å². The van der Waals surface area contributed by atoms with Crippen LogP contribution in [-0.4, -0.2) is 48.1 Å². The van der Waals surface area contributed by atoms with E-state index in [-0.39, 0.29) is 17.7 Å². The van der Waals surface area contributed by atoms with Crippen molar-refractivity contribution in [1.29, 1.82) is 0 Å². The monoisotopic (exact) mass is 369 g/mol. The van der Waals surface area contributed by atoms with Crippen LogP contribution in [0, 0.1) is 5.92 Å². The molecule has 0 aromatic carbocycles. The van der Waals surface area contributed by atoms with Gasteiger partial charge in [0, 0.05) is 26.3 Å². The van der Waals surface area contributed by atoms with E-state index < -0.39 is 16.1 Å². The number of hydrogen-bond donors (Lipinski definition) is 1. The third-order valence-corrected chi connectivity index (χ3v) is 8.58. The van der Waals surface area contributed by atoms with Crippen LogP contribution in [0.4, 0.5) is 0 Å². The molecule has 0 aromatic heterocycles. The van der Waals surface area contributed by atoms with E-state index in [9.17, 15) is 9.46 Å². The zero-order valence-corrected chi connectivity index (χ0v) is 17.1. The molecule has 0 radical (unpaired) electrons. The number of rotatable bonds is 9. The van der Waals surface area contributed by atoms with E-state index in [1.807, 2.05) is 4.67 Å². The number of nitrogens with zero attached hydrogens (tertiary/aromatic N) is 1. The van der Waals surface area contributed by atoms with Gasteiger partial charge in [0.25, 0.3) is 8.53 Å². The molecule has 0 aliphatic heterocycles. The van der Waals surface area contributed by atoms with Crippen molar-refractivity contribution in [2.75, 3.05) is 20.8 Å². The fraction of sp³-hybridized carbons (Fsp3) is 1.00. The van der Waals surface area contributed by atoms with E-state index in [4.69, 9.17) is 13.6 Å². The highest BCUT2D eigenvalue weighted by atomic mass is 31.2. The van der Waals surface area contributed by atoms with Gasteiger partial charge in [0.2, 0.25) is 0 Å². The molecule has 0 saturated heterocycles. The van der Waals surface area contributed by atoms with Crippen molar-refractivity contribution in [3.8, 4) is 0 Å². The third-order valence-electron chi connectivity index (χ3n) is 4.45. The standard InChI is InChI=1S/C15H33NO5P2/c1-12(2)16(13(3)4)22(17)21-11-14-7-9-15(10-8-14)23(18,19-5)20-6/h12-15,17H,7-11H2,1-6H3. The summed E-state index contributed by atoms with van der Waals surface area (Å²) in [6, 6.07) is 0.493. The molecule has 1 fully saturated rings. The Balaban J connectivity index is 2.43. The minimum Gasteiger partial charge on any atom is -0.338 e. The minimum atomic E-state index is -2.96. The maximum Gasteiger partial charge on any atom is 0.333 e. The van der Waals surface area contributed by atoms with E-state index in [0.717, 1.165) is 25.7 Å². The maximum atomic E-state index is 12.4. The summed E-state index contributed by atoms with van der Waals surface area (Å²) in [6.07, 6.45) is 3.48. The quantitative estimate of drug-likeness (QED) is 0.608. The van der Waals surface area contributed by atoms with Crippen LogP contribution in [0.25, 0.3) is 0 Å². The van der Waals surface area contributed by atoms with Crippen LogP contribution in [0.2, 0.25) is 0 Å². The third kappa shape index (κ3) is 6.04. The van der Waals surface area contributed by atoms with Crippen LogP contribution in [0.15, 0.2) is 0 Å². The minimum absolute atomic E-state index is 0.0211. The number of hydrogen-bond acceptors (Lipinski definition) is 6. The molecule has 0 spiro atoms. The van der Waals surface area contributed by atoms with Gasteiger partial charge in [-0.05, 0) is 59.3 Å². The Kier molecular flexibility index (Phi) is 9.18. The molecule has 1 rings (SSSR count). The van der Waals surface area contributed by atoms with Crippen LogP contribution in [0.1, 0.15) is 53.4 Å². The van der Waals surface area contributed by atoms with Gasteiger partial charge in [0.15, 0.2) is 0 Å². The zero-order chi connectivity index (χ0) is 17.6. The van der Waals surface area contributed by atoms with Crippen molar-refractivity contribution < 1.29 is 23.0 Å². The van der Waals surface area contributed by atoms with E-state index in [0.29, 0.717) is 12.5 Å². The van der Waals surface area contributed by atoms with Crippen LogP contribution < -0.4 is 0 Å². The highest BCUT2D eigenvalue weighted by Crippen LogP contribution is 2.56. The first-order valence-electron chi connectivity index (χ1n) is 8.36. The molecule has 1 saturated carbocycles. The Labute approximate surface area is 142 Å². The molecule has 1 aliphatic rings. The van der Waals surface area contributed by atoms with Gasteiger partial charge >= 0.3 is 7.60 Å². The summed E-state index contributed by atoms with van der Waals surface area (Å²) in [4.78, 5) is 10.3. The summed E-state index contributed by atoms with van der Waals surface area (Å²) in [6.45, 7) is 8.80. The maximum absolute atomic E-state index is 12.4. The Bertz CT molecular complexity index is 370. The fourth-order valence-corrected chi connectivity index (χ4v) is 6.17. The van der Waals surface area contributed by atoms with Gasteiger partial charge in [0.1, 0.15) is 0 Å². The van der Waals surface area contributed by atoms with Gasteiger partial charge in [0.05, 0.1) is 12.3 Å². The van der Waals surface area contributed by atoms with Gasteiger partial charge < -0.3 is 18.5 Å². The molecular weight excluding hydrogens is 336 g/mol. The smallest absolute Gasteiger partial charge is 0.333 e. The molecule has 0 bridgehead atoms. The van der Waals surface area contributed by atoms with Crippen molar-refractivity contribution in [2.45, 2.75) is 71.1 Å². The molecule has 1 N–H and O–H groups in total. The summed E-state index contributed by atoms with van der Waals surface area (Å²) >= 11 is 0. The molecule has 1 unspecified atom stereocenters. The highest BCUT2D eigenvalue weighted by Gasteiger charge is 2.37. The largest absolute Gasteiger partial charge is 0.338 e. The molecule has 1 atom stereocenters. The average Bonchev–Trinajstić information content (AvgIpc) is 2.52. The second kappa shape index (κ2) is 9.82. The second-order valence-electron chi connectivity index (χ2n) is 6.70. The molecule has 0 aromatic rings. The normalized spacial score (nSPS) is 24.6. The Morgan fingerprint density at radius 2 is 1.57 bits per heavy atom. The SMILES string of the molecule is COP(=O)(OC)C1CCC(COP(O)N(C(C)C)C(C)C)CC1. The van der Waals surface area contributed by atoms with E-state index in [1.165, 1.54) is 14.2 Å². The molecule has 0 heterocycles. The first-order valence-corrected chi connectivity index (χ1v) is 11.1. The van der Waals surface area contributed by atoms with Crippen LogP contribution in [0.3, 0.4) is 0 Å². The molecular formula is C15H33NO5P2. The molecule has 6 nitrogen and oxygen atoms in total. The van der Waals surface area contributed by atoms with Crippen LogP contribution >= 0.6 is 16.1 Å². The van der Waals surface area contributed by atoms with Gasteiger partial charge in [-0.15, -0.1) is 0 Å². The summed E-state index contributed by atoms with van der Waals surface area (Å²) in [5.41, 5.74) is -0.0211. The van der Waals surface area contributed by atoms with Crippen LogP contribution in [-0.2, 0) is 18.1 Å². The Morgan fingerprint density at radius 1 is 1.09 bits per heavy atom. The lowest BCUT2D eigenvalue weighted by Crippen LogP contribution is -2.33. The Morgan fingerprint density at radius 3 is 1.96 bits per heavy atom. The molecule has 1 aliphatic carbocycles. The van der Waals surface area contributed by atoms with Crippen molar-refractivity contribution in [3.63, 3.8) is 0 Å². The van der Waals surface area contributed by atoms with E-state index >= 15 is 0 Å². The summed E-state index contributed by atoms with van der Waals surface area (Å²) in [5, 5.41) is 0. The van der Waals surface area contributed by atoms with Crippen molar-refractivity contribution in [1.82, 2.24) is 4.67 Å². The van der Waals surface area contributed by atoms with E-state index in [2.05, 4.69) is 27.7 Å². The predicted octanol–water partition coefficient (Wildman–Crippen LogP) is 4.39. The van der Waals surface area contributed by atoms with E-state index in [1.54, 1.807) is 0 Å². The second-order valence-corrected chi connectivity index (χ2v) is 10.5. The zero-order valence-electron chi connectivity index (χ0n) is 15.3. The molecule has 0 amide bonds. The van der Waals surface area contributed by atoms with Gasteiger partial charge in [-0.2, -0.15) is 0 Å². The lowest BCUT2D eigenvalue weighted by Gasteiger charge is -2.35. The fourth-order valence-electron chi connectivity index (χ4n) is 3.23. The lowest BCUT2D eigenvalue weighted by molar-refractivity contribution is 0.164. The van der Waals surface area contributed by atoms with Gasteiger partial charge in [-0.1, -0.05) is 0 Å². The summed E-state index contributed by atoms with van der Waals surface area (Å²) in [7, 11) is -1.62. The van der Waals surface area contributed by atoms with Crippen LogP contribution in [0.5, 0.6) is 0 Å². The highest BCUT2D eigenvalue weighted by molar-refractivity contribution is 7.54. The van der Waals surface area contributed by atoms with Gasteiger partial charge in [-0.3, -0.25) is 4.57 Å². The van der Waals surface area contributed by atoms with Crippen molar-refractivity contribution >= 4 is 16.1 Å². The Hall–Kier alpha value is 0.460. The predicted molar refractivity (Wildman–Crippen MR) is 94.6 cm³/mol. The average molecular weight is 369 g/mol. The first-order chi connectivity index (χ1) is 10.7. The van der Waals surface area contributed by atoms with Crippen molar-refractivity contribution in [2.24, 2.45) is 5.92 Å². The lowest BCUT2D eigenvalue weighted by atomic mass is 9.90. The summed E-state index contributed by atoms with van der Waals surface area (Å²) in [5.74, 6) is 0.395. The molecule has 23 heavy (non-hydrogen) atoms. The van der Waals surface area contributed by atoms with Gasteiger partial charge in [-0.25, -0.2) is 4.67 Å². The molecule has 8 heteroatoms.